The van der Waals surface area contributed by atoms with Gasteiger partial charge < -0.3 is 10.1 Å². The largest absolute Gasteiger partial charge is 0.492 e. The maximum absolute atomic E-state index is 12.1. The van der Waals surface area contributed by atoms with E-state index in [2.05, 4.69) is 52.5 Å². The van der Waals surface area contributed by atoms with Crippen LogP contribution >= 0.6 is 0 Å². The van der Waals surface area contributed by atoms with E-state index in [4.69, 9.17) is 4.74 Å². The van der Waals surface area contributed by atoms with Gasteiger partial charge in [0.15, 0.2) is 0 Å². The first-order valence-electron chi connectivity index (χ1n) is 11.0. The molecular formula is C24H32N2O3S. The molecule has 0 radical (unpaired) electrons. The third-order valence-corrected chi connectivity index (χ3v) is 8.45. The molecule has 1 saturated carbocycles. The smallest absolute Gasteiger partial charge is 0.214 e. The molecule has 0 amide bonds. The number of benzene rings is 2. The quantitative estimate of drug-likeness (QED) is 0.570. The molecule has 2 aromatic carbocycles. The van der Waals surface area contributed by atoms with Gasteiger partial charge in [-0.1, -0.05) is 42.8 Å². The van der Waals surface area contributed by atoms with Crippen molar-refractivity contribution in [2.45, 2.75) is 43.3 Å². The molecule has 1 fully saturated rings. The molecule has 2 N–H and O–H groups in total. The first kappa shape index (κ1) is 21.3. The number of hydrogen-bond acceptors (Lipinski definition) is 4. The molecular weight excluding hydrogens is 396 g/mol. The molecule has 2 aliphatic rings. The lowest BCUT2D eigenvalue weighted by Crippen LogP contribution is -2.40. The van der Waals surface area contributed by atoms with Gasteiger partial charge in [-0.3, -0.25) is 0 Å². The molecule has 30 heavy (non-hydrogen) atoms. The van der Waals surface area contributed by atoms with Crippen LogP contribution in [0.5, 0.6) is 5.75 Å². The Labute approximate surface area is 180 Å². The van der Waals surface area contributed by atoms with Crippen LogP contribution in [-0.4, -0.2) is 40.4 Å². The molecule has 2 unspecified atom stereocenters. The maximum Gasteiger partial charge on any atom is 0.214 e. The molecule has 0 saturated heterocycles. The van der Waals surface area contributed by atoms with E-state index in [0.29, 0.717) is 25.0 Å². The lowest BCUT2D eigenvalue weighted by atomic mass is 9.86. The summed E-state index contributed by atoms with van der Waals surface area (Å²) in [6, 6.07) is 17.0. The molecule has 0 heterocycles. The van der Waals surface area contributed by atoms with Gasteiger partial charge in [-0.25, -0.2) is 13.1 Å². The van der Waals surface area contributed by atoms with Gasteiger partial charge in [-0.05, 0) is 79.9 Å². The third kappa shape index (κ3) is 4.88. The summed E-state index contributed by atoms with van der Waals surface area (Å²) < 4.78 is 32.8. The first-order chi connectivity index (χ1) is 14.6. The Morgan fingerprint density at radius 2 is 1.90 bits per heavy atom. The molecule has 0 aliphatic heterocycles. The van der Waals surface area contributed by atoms with Gasteiger partial charge in [-0.2, -0.15) is 0 Å². The van der Waals surface area contributed by atoms with E-state index in [1.54, 1.807) is 0 Å². The molecule has 0 spiro atoms. The second-order valence-corrected chi connectivity index (χ2v) is 10.6. The fraction of sp³-hybridized carbons (Fsp3) is 0.500. The fourth-order valence-electron chi connectivity index (χ4n) is 4.65. The highest BCUT2D eigenvalue weighted by molar-refractivity contribution is 7.90. The van der Waals surface area contributed by atoms with Crippen molar-refractivity contribution in [3.8, 4) is 5.75 Å². The number of rotatable bonds is 10. The van der Waals surface area contributed by atoms with Crippen molar-refractivity contribution in [1.29, 1.82) is 0 Å². The van der Waals surface area contributed by atoms with E-state index < -0.39 is 10.0 Å². The third-order valence-electron chi connectivity index (χ3n) is 6.50. The highest BCUT2D eigenvalue weighted by atomic mass is 32.2. The summed E-state index contributed by atoms with van der Waals surface area (Å²) in [7, 11) is -1.17. The van der Waals surface area contributed by atoms with Crippen LogP contribution in [0.2, 0.25) is 0 Å². The Hall–Kier alpha value is -1.89. The van der Waals surface area contributed by atoms with Crippen molar-refractivity contribution in [3.63, 3.8) is 0 Å². The van der Waals surface area contributed by atoms with Gasteiger partial charge in [0.05, 0.1) is 5.25 Å². The van der Waals surface area contributed by atoms with Crippen LogP contribution in [0.15, 0.2) is 48.5 Å². The van der Waals surface area contributed by atoms with E-state index in [0.717, 1.165) is 44.4 Å². The zero-order chi connectivity index (χ0) is 21.0. The molecule has 2 atom stereocenters. The number of hydrogen-bond donors (Lipinski definition) is 2. The van der Waals surface area contributed by atoms with Crippen molar-refractivity contribution in [2.24, 2.45) is 5.92 Å². The monoisotopic (exact) mass is 428 g/mol. The van der Waals surface area contributed by atoms with Crippen LogP contribution < -0.4 is 14.8 Å². The van der Waals surface area contributed by atoms with Crippen LogP contribution in [-0.2, 0) is 22.9 Å². The lowest BCUT2D eigenvalue weighted by molar-refractivity contribution is 0.321. The van der Waals surface area contributed by atoms with Crippen LogP contribution in [0.1, 0.15) is 41.9 Å². The van der Waals surface area contributed by atoms with E-state index in [-0.39, 0.29) is 5.25 Å². The zero-order valence-electron chi connectivity index (χ0n) is 17.6. The highest BCUT2D eigenvalue weighted by Crippen LogP contribution is 2.41. The molecule has 5 nitrogen and oxygen atoms in total. The van der Waals surface area contributed by atoms with E-state index in [1.165, 1.54) is 16.7 Å². The van der Waals surface area contributed by atoms with Crippen molar-refractivity contribution < 1.29 is 13.2 Å². The molecule has 0 aromatic heterocycles. The molecule has 2 aliphatic carbocycles. The van der Waals surface area contributed by atoms with Gasteiger partial charge in [0, 0.05) is 6.54 Å². The van der Waals surface area contributed by atoms with Crippen molar-refractivity contribution in [1.82, 2.24) is 10.0 Å². The summed E-state index contributed by atoms with van der Waals surface area (Å²) in [4.78, 5) is 0. The topological polar surface area (TPSA) is 67.4 Å². The average molecular weight is 429 g/mol. The minimum Gasteiger partial charge on any atom is -0.492 e. The highest BCUT2D eigenvalue weighted by Gasteiger charge is 2.33. The molecule has 2 aromatic rings. The van der Waals surface area contributed by atoms with Crippen LogP contribution in [0, 0.1) is 5.92 Å². The Morgan fingerprint density at radius 3 is 2.60 bits per heavy atom. The number of ether oxygens (including phenoxy) is 1. The number of fused-ring (bicyclic) bond motifs is 1. The summed E-state index contributed by atoms with van der Waals surface area (Å²) in [5.41, 5.74) is 4.12. The van der Waals surface area contributed by atoms with Crippen LogP contribution in [0.25, 0.3) is 0 Å². The molecule has 0 bridgehead atoms. The van der Waals surface area contributed by atoms with Gasteiger partial charge in [0.1, 0.15) is 12.4 Å². The maximum atomic E-state index is 12.1. The van der Waals surface area contributed by atoms with Gasteiger partial charge >= 0.3 is 0 Å². The Morgan fingerprint density at radius 1 is 1.10 bits per heavy atom. The van der Waals surface area contributed by atoms with Crippen molar-refractivity contribution >= 4 is 10.0 Å². The second-order valence-electron chi connectivity index (χ2n) is 8.52. The number of sulfonamides is 1. The minimum absolute atomic E-state index is 0.208. The van der Waals surface area contributed by atoms with Gasteiger partial charge in [0.2, 0.25) is 10.0 Å². The first-order valence-corrected chi connectivity index (χ1v) is 12.5. The molecule has 162 valence electrons. The summed E-state index contributed by atoms with van der Waals surface area (Å²) in [6.45, 7) is 1.64. The lowest BCUT2D eigenvalue weighted by Gasteiger charge is -2.25. The normalized spacial score (nSPS) is 21.2. The standard InChI is InChI=1S/C24H32N2O3S/c1-25-17-20-15-19-10-11-21(29-13-12-26-30(27,28)22-8-5-9-22)16-24(19)23(20)14-18-6-3-2-4-7-18/h2-4,6-7,10-11,16,20,22-23,25-26H,5,8-9,12-15,17H2,1H3. The van der Waals surface area contributed by atoms with Crippen LogP contribution in [0.3, 0.4) is 0 Å². The SMILES string of the molecule is CNCC1Cc2ccc(OCCNS(=O)(=O)C3CCC3)cc2C1Cc1ccccc1. The van der Waals surface area contributed by atoms with Crippen molar-refractivity contribution in [3.05, 3.63) is 65.2 Å². The average Bonchev–Trinajstić information content (AvgIpc) is 3.01. The van der Waals surface area contributed by atoms with Crippen LogP contribution in [0.4, 0.5) is 0 Å². The molecule has 4 rings (SSSR count). The summed E-state index contributed by atoms with van der Waals surface area (Å²) in [5, 5.41) is 3.15. The van der Waals surface area contributed by atoms with Gasteiger partial charge in [-0.15, -0.1) is 0 Å². The van der Waals surface area contributed by atoms with Crippen molar-refractivity contribution in [2.75, 3.05) is 26.7 Å². The zero-order valence-corrected chi connectivity index (χ0v) is 18.5. The predicted octanol–water partition coefficient (Wildman–Crippen LogP) is 3.26. The predicted molar refractivity (Wildman–Crippen MR) is 121 cm³/mol. The summed E-state index contributed by atoms with van der Waals surface area (Å²) in [5.74, 6) is 1.84. The Balaban J connectivity index is 1.40. The van der Waals surface area contributed by atoms with Gasteiger partial charge in [0.25, 0.3) is 0 Å². The fourth-order valence-corrected chi connectivity index (χ4v) is 6.20. The minimum atomic E-state index is -3.18. The summed E-state index contributed by atoms with van der Waals surface area (Å²) >= 11 is 0. The molecule has 6 heteroatoms. The Bertz CT molecular complexity index is 942. The van der Waals surface area contributed by atoms with E-state index in [9.17, 15) is 8.42 Å². The van der Waals surface area contributed by atoms with E-state index in [1.807, 2.05) is 13.1 Å². The van der Waals surface area contributed by atoms with E-state index >= 15 is 0 Å². The summed E-state index contributed by atoms with van der Waals surface area (Å²) in [6.07, 6.45) is 4.66. The second kappa shape index (κ2) is 9.50. The Kier molecular flexibility index (Phi) is 6.76. The number of nitrogens with one attached hydrogen (secondary N) is 2.